The fourth-order valence-corrected chi connectivity index (χ4v) is 2.10. The second-order valence-corrected chi connectivity index (χ2v) is 4.70. The van der Waals surface area contributed by atoms with Gasteiger partial charge < -0.3 is 5.32 Å². The van der Waals surface area contributed by atoms with Gasteiger partial charge >= 0.3 is 0 Å². The minimum absolute atomic E-state index is 1.16. The fourth-order valence-electron chi connectivity index (χ4n) is 2.10. The summed E-state index contributed by atoms with van der Waals surface area (Å²) in [6.07, 6.45) is 6.59. The van der Waals surface area contributed by atoms with Gasteiger partial charge in [-0.25, -0.2) is 0 Å². The van der Waals surface area contributed by atoms with E-state index in [2.05, 4.69) is 37.4 Å². The van der Waals surface area contributed by atoms with Crippen LogP contribution in [0.15, 0.2) is 18.2 Å². The molecular formula is C15H25N. The van der Waals surface area contributed by atoms with Crippen molar-refractivity contribution in [2.45, 2.75) is 46.0 Å². The van der Waals surface area contributed by atoms with Gasteiger partial charge in [-0.2, -0.15) is 0 Å². The summed E-state index contributed by atoms with van der Waals surface area (Å²) in [5.74, 6) is 0. The first-order valence-corrected chi connectivity index (χ1v) is 6.45. The zero-order valence-electron chi connectivity index (χ0n) is 11.0. The molecule has 1 nitrogen and oxygen atoms in total. The molecule has 0 aliphatic rings. The first kappa shape index (κ1) is 13.2. The molecule has 16 heavy (non-hydrogen) atoms. The summed E-state index contributed by atoms with van der Waals surface area (Å²) in [6, 6.07) is 6.80. The monoisotopic (exact) mass is 219 g/mol. The number of hydrogen-bond donors (Lipinski definition) is 1. The van der Waals surface area contributed by atoms with Crippen molar-refractivity contribution in [1.82, 2.24) is 5.32 Å². The minimum Gasteiger partial charge on any atom is -0.320 e. The van der Waals surface area contributed by atoms with Crippen LogP contribution in [-0.2, 0) is 6.42 Å². The number of benzene rings is 1. The average molecular weight is 219 g/mol. The zero-order valence-corrected chi connectivity index (χ0v) is 11.0. The van der Waals surface area contributed by atoms with E-state index < -0.39 is 0 Å². The summed E-state index contributed by atoms with van der Waals surface area (Å²) >= 11 is 0. The molecule has 0 saturated heterocycles. The maximum Gasteiger partial charge on any atom is -0.00519 e. The van der Waals surface area contributed by atoms with E-state index in [1.807, 2.05) is 7.05 Å². The van der Waals surface area contributed by atoms with Gasteiger partial charge in [0.25, 0.3) is 0 Å². The first-order valence-electron chi connectivity index (χ1n) is 6.45. The van der Waals surface area contributed by atoms with Gasteiger partial charge in [0, 0.05) is 0 Å². The van der Waals surface area contributed by atoms with Crippen LogP contribution in [-0.4, -0.2) is 13.6 Å². The predicted molar refractivity (Wildman–Crippen MR) is 72.0 cm³/mol. The predicted octanol–water partition coefficient (Wildman–Crippen LogP) is 3.63. The van der Waals surface area contributed by atoms with Crippen LogP contribution < -0.4 is 5.32 Å². The Morgan fingerprint density at radius 1 is 1.00 bits per heavy atom. The second-order valence-electron chi connectivity index (χ2n) is 4.70. The highest BCUT2D eigenvalue weighted by Gasteiger charge is 1.98. The van der Waals surface area contributed by atoms with Crippen molar-refractivity contribution in [2.75, 3.05) is 13.6 Å². The largest absolute Gasteiger partial charge is 0.320 e. The molecule has 1 N–H and O–H groups in total. The quantitative estimate of drug-likeness (QED) is 0.691. The van der Waals surface area contributed by atoms with Crippen LogP contribution in [0.4, 0.5) is 0 Å². The van der Waals surface area contributed by atoms with Gasteiger partial charge in [-0.15, -0.1) is 0 Å². The zero-order chi connectivity index (χ0) is 11.8. The lowest BCUT2D eigenvalue weighted by Crippen LogP contribution is -2.06. The molecule has 0 aliphatic heterocycles. The number of hydrogen-bond acceptors (Lipinski definition) is 1. The van der Waals surface area contributed by atoms with Crippen molar-refractivity contribution < 1.29 is 0 Å². The molecule has 0 amide bonds. The van der Waals surface area contributed by atoms with Gasteiger partial charge in [0.2, 0.25) is 0 Å². The van der Waals surface area contributed by atoms with Crippen LogP contribution in [0, 0.1) is 13.8 Å². The second kappa shape index (κ2) is 7.45. The Kier molecular flexibility index (Phi) is 6.17. The van der Waals surface area contributed by atoms with E-state index in [0.717, 1.165) is 6.54 Å². The molecule has 1 heteroatoms. The van der Waals surface area contributed by atoms with Gasteiger partial charge in [-0.05, 0) is 57.8 Å². The SMILES string of the molecule is CNCCCCCCc1ccc(C)cc1C. The molecule has 1 aromatic carbocycles. The smallest absolute Gasteiger partial charge is 0.00519 e. The van der Waals surface area contributed by atoms with Crippen molar-refractivity contribution >= 4 is 0 Å². The van der Waals surface area contributed by atoms with Crippen molar-refractivity contribution in [1.29, 1.82) is 0 Å². The van der Waals surface area contributed by atoms with E-state index in [0.29, 0.717) is 0 Å². The average Bonchev–Trinajstić information content (AvgIpc) is 2.26. The van der Waals surface area contributed by atoms with Gasteiger partial charge in [-0.3, -0.25) is 0 Å². The van der Waals surface area contributed by atoms with Crippen molar-refractivity contribution in [3.63, 3.8) is 0 Å². The molecule has 0 bridgehead atoms. The number of nitrogens with one attached hydrogen (secondary N) is 1. The summed E-state index contributed by atoms with van der Waals surface area (Å²) in [4.78, 5) is 0. The molecule has 0 heterocycles. The summed E-state index contributed by atoms with van der Waals surface area (Å²) in [7, 11) is 2.02. The Morgan fingerprint density at radius 3 is 2.44 bits per heavy atom. The Bertz CT molecular complexity index is 304. The third kappa shape index (κ3) is 4.80. The lowest BCUT2D eigenvalue weighted by molar-refractivity contribution is 0.616. The van der Waals surface area contributed by atoms with Crippen molar-refractivity contribution in [3.8, 4) is 0 Å². The van der Waals surface area contributed by atoms with Gasteiger partial charge in [0.1, 0.15) is 0 Å². The van der Waals surface area contributed by atoms with E-state index in [4.69, 9.17) is 0 Å². The molecule has 0 unspecified atom stereocenters. The van der Waals surface area contributed by atoms with E-state index >= 15 is 0 Å². The number of unbranched alkanes of at least 4 members (excludes halogenated alkanes) is 3. The molecule has 0 saturated carbocycles. The van der Waals surface area contributed by atoms with E-state index in [1.165, 1.54) is 48.8 Å². The molecule has 0 aliphatic carbocycles. The first-order chi connectivity index (χ1) is 7.74. The molecule has 0 fully saturated rings. The van der Waals surface area contributed by atoms with Crippen LogP contribution in [0.25, 0.3) is 0 Å². The maximum atomic E-state index is 3.19. The Balaban J connectivity index is 2.21. The van der Waals surface area contributed by atoms with Crippen LogP contribution in [0.2, 0.25) is 0 Å². The third-order valence-corrected chi connectivity index (χ3v) is 3.12. The van der Waals surface area contributed by atoms with Crippen LogP contribution in [0.5, 0.6) is 0 Å². The molecule has 1 aromatic rings. The van der Waals surface area contributed by atoms with Gasteiger partial charge in [-0.1, -0.05) is 36.6 Å². The summed E-state index contributed by atoms with van der Waals surface area (Å²) in [5.41, 5.74) is 4.35. The molecule has 0 spiro atoms. The Hall–Kier alpha value is -0.820. The highest BCUT2D eigenvalue weighted by atomic mass is 14.8. The molecular weight excluding hydrogens is 194 g/mol. The highest BCUT2D eigenvalue weighted by Crippen LogP contribution is 2.14. The lowest BCUT2D eigenvalue weighted by atomic mass is 10.00. The standard InChI is InChI=1S/C15H25N/c1-13-9-10-15(14(2)12-13)8-6-4-5-7-11-16-3/h9-10,12,16H,4-8,11H2,1-3H3. The van der Waals surface area contributed by atoms with Crippen molar-refractivity contribution in [2.24, 2.45) is 0 Å². The summed E-state index contributed by atoms with van der Waals surface area (Å²) in [6.45, 7) is 5.54. The van der Waals surface area contributed by atoms with Crippen LogP contribution in [0.3, 0.4) is 0 Å². The molecule has 0 atom stereocenters. The molecule has 0 aromatic heterocycles. The minimum atomic E-state index is 1.16. The Labute approximate surface area is 100 Å². The van der Waals surface area contributed by atoms with Gasteiger partial charge in [0.05, 0.1) is 0 Å². The molecule has 1 rings (SSSR count). The molecule has 0 radical (unpaired) electrons. The number of rotatable bonds is 7. The van der Waals surface area contributed by atoms with E-state index in [1.54, 1.807) is 0 Å². The fraction of sp³-hybridized carbons (Fsp3) is 0.600. The van der Waals surface area contributed by atoms with Gasteiger partial charge in [0.15, 0.2) is 0 Å². The summed E-state index contributed by atoms with van der Waals surface area (Å²) < 4.78 is 0. The topological polar surface area (TPSA) is 12.0 Å². The highest BCUT2D eigenvalue weighted by molar-refractivity contribution is 5.30. The normalized spacial score (nSPS) is 10.7. The summed E-state index contributed by atoms with van der Waals surface area (Å²) in [5, 5.41) is 3.19. The lowest BCUT2D eigenvalue weighted by Gasteiger charge is -2.06. The van der Waals surface area contributed by atoms with Crippen LogP contribution in [0.1, 0.15) is 42.4 Å². The number of aryl methyl sites for hydroxylation is 3. The van der Waals surface area contributed by atoms with E-state index in [9.17, 15) is 0 Å². The Morgan fingerprint density at radius 2 is 1.75 bits per heavy atom. The van der Waals surface area contributed by atoms with Crippen molar-refractivity contribution in [3.05, 3.63) is 34.9 Å². The maximum absolute atomic E-state index is 3.19. The third-order valence-electron chi connectivity index (χ3n) is 3.12. The molecule has 90 valence electrons. The van der Waals surface area contributed by atoms with Crippen LogP contribution >= 0.6 is 0 Å². The van der Waals surface area contributed by atoms with E-state index in [-0.39, 0.29) is 0 Å².